The van der Waals surface area contributed by atoms with Crippen LogP contribution >= 0.6 is 27.7 Å². The fourth-order valence-corrected chi connectivity index (χ4v) is 5.09. The molecule has 7 nitrogen and oxygen atoms in total. The van der Waals surface area contributed by atoms with Crippen molar-refractivity contribution >= 4 is 33.6 Å². The zero-order chi connectivity index (χ0) is 20.3. The van der Waals surface area contributed by atoms with Crippen LogP contribution < -0.4 is 10.2 Å². The van der Waals surface area contributed by atoms with Crippen LogP contribution in [0.1, 0.15) is 44.1 Å². The molecule has 3 rings (SSSR count). The molecule has 2 atom stereocenters. The lowest BCUT2D eigenvalue weighted by Crippen LogP contribution is -2.46. The summed E-state index contributed by atoms with van der Waals surface area (Å²) >= 11 is 5.04. The maximum atomic E-state index is 13.5. The number of rotatable bonds is 7. The van der Waals surface area contributed by atoms with Crippen molar-refractivity contribution in [3.8, 4) is 5.75 Å². The van der Waals surface area contributed by atoms with E-state index in [0.717, 1.165) is 47.5 Å². The normalized spacial score (nSPS) is 18.3. The SMILES string of the molecule is CCCN(CCC)C(=O)[C@H]1Sc2nnc(C)n2N[C@@H]1c1ccc(OC)c(Br)c1. The van der Waals surface area contributed by atoms with E-state index in [1.165, 1.54) is 11.8 Å². The molecule has 1 aromatic carbocycles. The fraction of sp³-hybridized carbons (Fsp3) is 0.526. The molecule has 1 aromatic heterocycles. The summed E-state index contributed by atoms with van der Waals surface area (Å²) in [5.41, 5.74) is 4.46. The number of amides is 1. The van der Waals surface area contributed by atoms with Gasteiger partial charge < -0.3 is 15.1 Å². The molecule has 0 bridgehead atoms. The van der Waals surface area contributed by atoms with Crippen LogP contribution in [0.5, 0.6) is 5.75 Å². The Morgan fingerprint density at radius 2 is 2.04 bits per heavy atom. The number of hydrogen-bond donors (Lipinski definition) is 1. The first-order valence-electron chi connectivity index (χ1n) is 9.47. The lowest BCUT2D eigenvalue weighted by Gasteiger charge is -2.36. The number of nitrogens with one attached hydrogen (secondary N) is 1. The number of hydrogen-bond acceptors (Lipinski definition) is 6. The molecule has 0 fully saturated rings. The van der Waals surface area contributed by atoms with Gasteiger partial charge in [-0.2, -0.15) is 0 Å². The Hall–Kier alpha value is -1.74. The largest absolute Gasteiger partial charge is 0.496 e. The van der Waals surface area contributed by atoms with E-state index >= 15 is 0 Å². The molecule has 152 valence electrons. The molecule has 1 amide bonds. The zero-order valence-corrected chi connectivity index (χ0v) is 19.0. The Bertz CT molecular complexity index is 838. The van der Waals surface area contributed by atoms with Crippen molar-refractivity contribution in [1.82, 2.24) is 19.8 Å². The lowest BCUT2D eigenvalue weighted by molar-refractivity contribution is -0.131. The van der Waals surface area contributed by atoms with Gasteiger partial charge in [0.15, 0.2) is 0 Å². The van der Waals surface area contributed by atoms with Crippen molar-refractivity contribution < 1.29 is 9.53 Å². The van der Waals surface area contributed by atoms with Crippen molar-refractivity contribution in [3.63, 3.8) is 0 Å². The second kappa shape index (κ2) is 9.17. The number of halogens is 1. The topological polar surface area (TPSA) is 72.3 Å². The molecular weight excluding hydrogens is 442 g/mol. The molecule has 1 aliphatic heterocycles. The summed E-state index contributed by atoms with van der Waals surface area (Å²) in [7, 11) is 1.64. The van der Waals surface area contributed by atoms with Crippen LogP contribution in [0.4, 0.5) is 0 Å². The van der Waals surface area contributed by atoms with Crippen LogP contribution in [-0.2, 0) is 4.79 Å². The van der Waals surface area contributed by atoms with Crippen LogP contribution in [0.15, 0.2) is 27.8 Å². The average Bonchev–Trinajstić information content (AvgIpc) is 3.06. The van der Waals surface area contributed by atoms with E-state index in [-0.39, 0.29) is 17.2 Å². The predicted molar refractivity (Wildman–Crippen MR) is 114 cm³/mol. The molecule has 0 spiro atoms. The summed E-state index contributed by atoms with van der Waals surface area (Å²) in [6.45, 7) is 7.61. The number of benzene rings is 1. The Morgan fingerprint density at radius 3 is 2.64 bits per heavy atom. The van der Waals surface area contributed by atoms with Crippen molar-refractivity contribution in [2.24, 2.45) is 0 Å². The first kappa shape index (κ1) is 21.0. The molecule has 0 saturated heterocycles. The van der Waals surface area contributed by atoms with Crippen LogP contribution in [-0.4, -0.2) is 51.1 Å². The smallest absolute Gasteiger partial charge is 0.238 e. The number of aromatic nitrogens is 3. The third-order valence-corrected chi connectivity index (χ3v) is 6.50. The summed E-state index contributed by atoms with van der Waals surface area (Å²) in [4.78, 5) is 15.4. The van der Waals surface area contributed by atoms with Crippen LogP contribution in [0, 0.1) is 6.92 Å². The third kappa shape index (κ3) is 4.15. The second-order valence-electron chi connectivity index (χ2n) is 6.73. The molecule has 0 saturated carbocycles. The van der Waals surface area contributed by atoms with Gasteiger partial charge in [0.2, 0.25) is 11.1 Å². The van der Waals surface area contributed by atoms with Gasteiger partial charge in [0, 0.05) is 13.1 Å². The van der Waals surface area contributed by atoms with Crippen molar-refractivity contribution in [2.75, 3.05) is 25.6 Å². The van der Waals surface area contributed by atoms with E-state index < -0.39 is 0 Å². The molecule has 1 aliphatic rings. The minimum Gasteiger partial charge on any atom is -0.496 e. The quantitative estimate of drug-likeness (QED) is 0.667. The summed E-state index contributed by atoms with van der Waals surface area (Å²) in [5.74, 6) is 1.66. The van der Waals surface area contributed by atoms with Gasteiger partial charge in [-0.15, -0.1) is 10.2 Å². The molecule has 9 heteroatoms. The van der Waals surface area contributed by atoms with E-state index in [1.54, 1.807) is 7.11 Å². The zero-order valence-electron chi connectivity index (χ0n) is 16.6. The monoisotopic (exact) mass is 467 g/mol. The number of methoxy groups -OCH3 is 1. The third-order valence-electron chi connectivity index (χ3n) is 4.68. The summed E-state index contributed by atoms with van der Waals surface area (Å²) in [6.07, 6.45) is 1.87. The van der Waals surface area contributed by atoms with E-state index in [2.05, 4.69) is 45.4 Å². The minimum absolute atomic E-state index is 0.130. The van der Waals surface area contributed by atoms with Gasteiger partial charge in [-0.25, -0.2) is 4.68 Å². The highest BCUT2D eigenvalue weighted by atomic mass is 79.9. The van der Waals surface area contributed by atoms with Gasteiger partial charge in [-0.3, -0.25) is 4.79 Å². The number of ether oxygens (including phenoxy) is 1. The standard InChI is InChI=1S/C19H26BrN5O2S/c1-5-9-24(10-6-2)18(26)17-16(13-7-8-15(27-4)14(20)11-13)23-25-12(3)21-22-19(25)28-17/h7-8,11,16-17,23H,5-6,9-10H2,1-4H3/t16-,17+/m1/s1. The van der Waals surface area contributed by atoms with Crippen molar-refractivity contribution in [2.45, 2.75) is 50.1 Å². The molecule has 0 radical (unpaired) electrons. The first-order chi connectivity index (χ1) is 13.5. The van der Waals surface area contributed by atoms with Gasteiger partial charge in [-0.05, 0) is 53.4 Å². The van der Waals surface area contributed by atoms with E-state index in [0.29, 0.717) is 5.16 Å². The maximum absolute atomic E-state index is 13.5. The van der Waals surface area contributed by atoms with Gasteiger partial charge in [0.05, 0.1) is 17.6 Å². The van der Waals surface area contributed by atoms with Crippen LogP contribution in [0.2, 0.25) is 0 Å². The fourth-order valence-electron chi connectivity index (χ4n) is 3.33. The number of fused-ring (bicyclic) bond motifs is 1. The van der Waals surface area contributed by atoms with Gasteiger partial charge in [-0.1, -0.05) is 31.7 Å². The molecule has 28 heavy (non-hydrogen) atoms. The Balaban J connectivity index is 1.99. The Labute approximate surface area is 178 Å². The molecule has 2 heterocycles. The summed E-state index contributed by atoms with van der Waals surface area (Å²) in [6, 6.07) is 5.71. The number of thioether (sulfide) groups is 1. The highest BCUT2D eigenvalue weighted by molar-refractivity contribution is 9.10. The van der Waals surface area contributed by atoms with Gasteiger partial charge >= 0.3 is 0 Å². The maximum Gasteiger partial charge on any atom is 0.238 e. The summed E-state index contributed by atoms with van der Waals surface area (Å²) in [5, 5.41) is 8.78. The van der Waals surface area contributed by atoms with Gasteiger partial charge in [0.25, 0.3) is 0 Å². The Morgan fingerprint density at radius 1 is 1.32 bits per heavy atom. The molecule has 0 unspecified atom stereocenters. The average molecular weight is 468 g/mol. The van der Waals surface area contributed by atoms with E-state index in [9.17, 15) is 4.79 Å². The van der Waals surface area contributed by atoms with E-state index in [1.807, 2.05) is 34.7 Å². The highest BCUT2D eigenvalue weighted by Gasteiger charge is 2.39. The molecule has 1 N–H and O–H groups in total. The number of aryl methyl sites for hydroxylation is 1. The van der Waals surface area contributed by atoms with Crippen molar-refractivity contribution in [3.05, 3.63) is 34.1 Å². The second-order valence-corrected chi connectivity index (χ2v) is 8.69. The lowest BCUT2D eigenvalue weighted by atomic mass is 10.0. The summed E-state index contributed by atoms with van der Waals surface area (Å²) < 4.78 is 8.07. The van der Waals surface area contributed by atoms with Crippen LogP contribution in [0.3, 0.4) is 0 Å². The number of carbonyl (C=O) groups excluding carboxylic acids is 1. The molecule has 2 aromatic rings. The van der Waals surface area contributed by atoms with Crippen LogP contribution in [0.25, 0.3) is 0 Å². The molecule has 0 aliphatic carbocycles. The van der Waals surface area contributed by atoms with Gasteiger partial charge in [0.1, 0.15) is 16.8 Å². The number of nitrogens with zero attached hydrogens (tertiary/aromatic N) is 4. The Kier molecular flexibility index (Phi) is 6.87. The van der Waals surface area contributed by atoms with Crippen molar-refractivity contribution in [1.29, 1.82) is 0 Å². The number of carbonyl (C=O) groups is 1. The highest BCUT2D eigenvalue weighted by Crippen LogP contribution is 2.39. The first-order valence-corrected chi connectivity index (χ1v) is 11.1. The molecular formula is C19H26BrN5O2S. The van der Waals surface area contributed by atoms with E-state index in [4.69, 9.17) is 4.74 Å². The minimum atomic E-state index is -0.325. The predicted octanol–water partition coefficient (Wildman–Crippen LogP) is 3.77.